The molecule has 12 nitrogen and oxygen atoms in total. The Kier molecular flexibility index (Phi) is 7.83. The molecule has 1 amide bonds. The van der Waals surface area contributed by atoms with E-state index in [1.54, 1.807) is 19.1 Å². The lowest BCUT2D eigenvalue weighted by Gasteiger charge is -2.63. The minimum absolute atomic E-state index is 0.0816. The number of nitrogens with two attached hydrogens (primary N) is 1. The number of methoxy groups -OCH3 is 1. The smallest absolute Gasteiger partial charge is 0.255 e. The second-order valence-corrected chi connectivity index (χ2v) is 14.2. The summed E-state index contributed by atoms with van der Waals surface area (Å²) in [5.74, 6) is -6.20. The van der Waals surface area contributed by atoms with Crippen LogP contribution in [0.25, 0.3) is 16.9 Å². The van der Waals surface area contributed by atoms with Crippen LogP contribution >= 0.6 is 0 Å². The van der Waals surface area contributed by atoms with Crippen molar-refractivity contribution in [2.75, 3.05) is 34.3 Å². The van der Waals surface area contributed by atoms with E-state index in [-0.39, 0.29) is 11.3 Å². The van der Waals surface area contributed by atoms with Gasteiger partial charge >= 0.3 is 0 Å². The minimum Gasteiger partial charge on any atom is -0.508 e. The van der Waals surface area contributed by atoms with Crippen LogP contribution in [0.3, 0.4) is 0 Å². The first-order valence-corrected chi connectivity index (χ1v) is 16.1. The van der Waals surface area contributed by atoms with Crippen molar-refractivity contribution in [2.24, 2.45) is 16.6 Å². The van der Waals surface area contributed by atoms with Gasteiger partial charge in [-0.3, -0.25) is 24.2 Å². The van der Waals surface area contributed by atoms with E-state index in [2.05, 4.69) is 4.90 Å². The maximum absolute atomic E-state index is 14.7. The summed E-state index contributed by atoms with van der Waals surface area (Å²) < 4.78 is 5.65. The Morgan fingerprint density at radius 1 is 1.06 bits per heavy atom. The largest absolute Gasteiger partial charge is 0.508 e. The Bertz CT molecular complexity index is 1830. The highest BCUT2D eigenvalue weighted by Crippen LogP contribution is 2.66. The van der Waals surface area contributed by atoms with Crippen molar-refractivity contribution >= 4 is 23.2 Å². The standard InChI is InChI=1S/C36H43N3O9/c1-17-19-10-11-20(21-15-18(9-12-22(21)48-6)16-39-13-7-8-14-39)26(40)23(19)27(41)25-31(44)36(47)30(43)24(32(37)45)28(42)29(38(4)5)35(36,3)33(46)34(17,25)2/h9-12,15,17,29,33,40-41,43,46-47H,7-8,13-14,16H2,1-6H3,(H2,37,45)/t17-,29+,33-,34+,35+,36+/m0/s1. The van der Waals surface area contributed by atoms with Crippen LogP contribution in [0.4, 0.5) is 0 Å². The molecule has 0 aromatic heterocycles. The molecule has 7 N–H and O–H groups in total. The molecule has 48 heavy (non-hydrogen) atoms. The molecule has 256 valence electrons. The molecule has 1 heterocycles. The van der Waals surface area contributed by atoms with Crippen molar-refractivity contribution < 1.29 is 44.7 Å². The van der Waals surface area contributed by atoms with Gasteiger partial charge in [-0.25, -0.2) is 0 Å². The van der Waals surface area contributed by atoms with E-state index in [9.17, 15) is 39.9 Å². The van der Waals surface area contributed by atoms with Crippen LogP contribution in [0.5, 0.6) is 11.5 Å². The number of aliphatic hydroxyl groups is 4. The summed E-state index contributed by atoms with van der Waals surface area (Å²) in [7, 11) is 4.47. The van der Waals surface area contributed by atoms with Gasteiger partial charge < -0.3 is 36.0 Å². The van der Waals surface area contributed by atoms with Gasteiger partial charge in [0.05, 0.1) is 35.8 Å². The molecule has 2 aromatic carbocycles. The number of hydrogen-bond donors (Lipinski definition) is 6. The summed E-state index contributed by atoms with van der Waals surface area (Å²) in [6.45, 7) is 7.24. The molecule has 1 saturated heterocycles. The van der Waals surface area contributed by atoms with Gasteiger partial charge in [-0.05, 0) is 69.2 Å². The summed E-state index contributed by atoms with van der Waals surface area (Å²) in [6.07, 6.45) is 0.501. The molecule has 12 heteroatoms. The lowest BCUT2D eigenvalue weighted by Crippen LogP contribution is -2.78. The number of carbonyl (C=O) groups is 3. The van der Waals surface area contributed by atoms with Crippen molar-refractivity contribution in [3.8, 4) is 22.6 Å². The Labute approximate surface area is 278 Å². The number of likely N-dealkylation sites (tertiary alicyclic amines) is 1. The average Bonchev–Trinajstić information content (AvgIpc) is 3.54. The third kappa shape index (κ3) is 4.12. The van der Waals surface area contributed by atoms with Gasteiger partial charge in [0.25, 0.3) is 5.91 Å². The number of Topliss-reactive ketones (excluding diaryl/α,β-unsaturated/α-hetero) is 2. The molecule has 4 aliphatic rings. The van der Waals surface area contributed by atoms with E-state index >= 15 is 0 Å². The van der Waals surface area contributed by atoms with Crippen molar-refractivity contribution in [1.82, 2.24) is 9.80 Å². The number of benzene rings is 2. The van der Waals surface area contributed by atoms with Gasteiger partial charge in [-0.2, -0.15) is 0 Å². The zero-order chi connectivity index (χ0) is 35.2. The number of nitrogens with zero attached hydrogens (tertiary/aromatic N) is 2. The van der Waals surface area contributed by atoms with Gasteiger partial charge in [0.15, 0.2) is 11.4 Å². The normalized spacial score (nSPS) is 32.0. The van der Waals surface area contributed by atoms with E-state index in [0.717, 1.165) is 31.5 Å². The van der Waals surface area contributed by atoms with E-state index < -0.39 is 74.6 Å². The number of ether oxygens (including phenoxy) is 1. The van der Waals surface area contributed by atoms with Crippen LogP contribution in [-0.4, -0.2) is 105 Å². The number of hydrogen-bond acceptors (Lipinski definition) is 11. The maximum Gasteiger partial charge on any atom is 0.255 e. The molecule has 0 radical (unpaired) electrons. The van der Waals surface area contributed by atoms with Gasteiger partial charge in [0.2, 0.25) is 5.78 Å². The molecule has 0 unspecified atom stereocenters. The lowest BCUT2D eigenvalue weighted by atomic mass is 9.42. The fourth-order valence-corrected chi connectivity index (χ4v) is 9.01. The van der Waals surface area contributed by atoms with Crippen molar-refractivity contribution in [3.63, 3.8) is 0 Å². The second-order valence-electron chi connectivity index (χ2n) is 14.2. The Morgan fingerprint density at radius 3 is 2.29 bits per heavy atom. The molecule has 6 rings (SSSR count). The summed E-state index contributed by atoms with van der Waals surface area (Å²) >= 11 is 0. The Morgan fingerprint density at radius 2 is 1.71 bits per heavy atom. The number of fused-ring (bicyclic) bond motifs is 3. The first-order chi connectivity index (χ1) is 22.5. The van der Waals surface area contributed by atoms with Gasteiger partial charge in [-0.1, -0.05) is 39.0 Å². The Balaban J connectivity index is 1.59. The van der Waals surface area contributed by atoms with Crippen LogP contribution in [0.1, 0.15) is 56.2 Å². The fraction of sp³-hybridized carbons (Fsp3) is 0.472. The van der Waals surface area contributed by atoms with Crippen LogP contribution in [0.15, 0.2) is 47.2 Å². The molecule has 2 aromatic rings. The highest BCUT2D eigenvalue weighted by atomic mass is 16.5. The van der Waals surface area contributed by atoms with Gasteiger partial charge in [-0.15, -0.1) is 0 Å². The molecule has 1 saturated carbocycles. The molecule has 0 bridgehead atoms. The highest BCUT2D eigenvalue weighted by Gasteiger charge is 2.77. The molecular weight excluding hydrogens is 618 g/mol. The third-order valence-electron chi connectivity index (χ3n) is 11.6. The lowest BCUT2D eigenvalue weighted by molar-refractivity contribution is -0.211. The number of likely N-dealkylation sites (N-methyl/N-ethyl adjacent to an activating group) is 1. The van der Waals surface area contributed by atoms with E-state index in [4.69, 9.17) is 10.5 Å². The zero-order valence-electron chi connectivity index (χ0n) is 28.0. The molecule has 1 aliphatic heterocycles. The average molecular weight is 662 g/mol. The summed E-state index contributed by atoms with van der Waals surface area (Å²) in [6, 6.07) is 7.60. The summed E-state index contributed by atoms with van der Waals surface area (Å²) in [5.41, 5.74) is -0.577. The number of phenolic OH excluding ortho intramolecular Hbond substituents is 1. The SMILES string of the molecule is COc1ccc(CN2CCCC2)cc1-c1ccc2c(c1O)C(O)=C1C(=O)[C@]3(O)C(O)=C(C(N)=O)C(=O)[C@@H](N(C)C)[C@]3(C)[C@@H](O)[C@]1(C)[C@H]2C. The molecule has 6 atom stereocenters. The number of aliphatic hydroxyl groups excluding tert-OH is 3. The molecule has 3 aliphatic carbocycles. The van der Waals surface area contributed by atoms with Crippen LogP contribution < -0.4 is 10.5 Å². The van der Waals surface area contributed by atoms with Gasteiger partial charge in [0.1, 0.15) is 28.6 Å². The number of phenols is 1. The predicted molar refractivity (Wildman–Crippen MR) is 176 cm³/mol. The number of amides is 1. The van der Waals surface area contributed by atoms with Crippen molar-refractivity contribution in [2.45, 2.75) is 63.8 Å². The quantitative estimate of drug-likeness (QED) is 0.249. The van der Waals surface area contributed by atoms with E-state index in [1.807, 2.05) is 18.2 Å². The molecule has 0 spiro atoms. The predicted octanol–water partition coefficient (Wildman–Crippen LogP) is 2.55. The van der Waals surface area contributed by atoms with Crippen LogP contribution in [0, 0.1) is 10.8 Å². The third-order valence-corrected chi connectivity index (χ3v) is 11.6. The second kappa shape index (κ2) is 11.2. The number of rotatable bonds is 6. The number of primary amides is 1. The van der Waals surface area contributed by atoms with Crippen LogP contribution in [-0.2, 0) is 20.9 Å². The molecular formula is C36H43N3O9. The monoisotopic (exact) mass is 661 g/mol. The maximum atomic E-state index is 14.7. The fourth-order valence-electron chi connectivity index (χ4n) is 9.01. The van der Waals surface area contributed by atoms with Crippen LogP contribution in [0.2, 0.25) is 0 Å². The minimum atomic E-state index is -3.06. The topological polar surface area (TPSA) is 194 Å². The van der Waals surface area contributed by atoms with Crippen molar-refractivity contribution in [3.05, 3.63) is 63.9 Å². The Hall–Kier alpha value is -4.23. The zero-order valence-corrected chi connectivity index (χ0v) is 28.0. The number of carbonyl (C=O) groups excluding carboxylic acids is 3. The first kappa shape index (κ1) is 33.7. The van der Waals surface area contributed by atoms with Gasteiger partial charge in [0, 0.05) is 23.1 Å². The molecule has 2 fully saturated rings. The highest BCUT2D eigenvalue weighted by molar-refractivity contribution is 6.25. The summed E-state index contributed by atoms with van der Waals surface area (Å²) in [4.78, 5) is 44.5. The number of aromatic hydroxyl groups is 1. The van der Waals surface area contributed by atoms with Crippen molar-refractivity contribution in [1.29, 1.82) is 0 Å². The summed E-state index contributed by atoms with van der Waals surface area (Å²) in [5, 5.41) is 59.9. The number of ketones is 2. The van der Waals surface area contributed by atoms with E-state index in [0.29, 0.717) is 29.0 Å². The van der Waals surface area contributed by atoms with E-state index in [1.165, 1.54) is 40.0 Å². The first-order valence-electron chi connectivity index (χ1n) is 16.1.